The van der Waals surface area contributed by atoms with Crippen molar-refractivity contribution < 1.29 is 0 Å². The van der Waals surface area contributed by atoms with E-state index >= 15 is 0 Å². The number of hydrazone groups is 2. The largest absolute Gasteiger partial charge is 0.340 e. The molecule has 314 valence electrons. The van der Waals surface area contributed by atoms with Gasteiger partial charge in [0.25, 0.3) is 0 Å². The van der Waals surface area contributed by atoms with Crippen molar-refractivity contribution in [2.75, 3.05) is 32.9 Å². The molecule has 0 bridgehead atoms. The molecular formula is C56H48N6S2. The molecule has 8 aromatic rings. The lowest BCUT2D eigenvalue weighted by Gasteiger charge is -2.33. The van der Waals surface area contributed by atoms with Gasteiger partial charge in [-0.25, -0.2) is 10.0 Å². The highest BCUT2D eigenvalue weighted by molar-refractivity contribution is 8.00. The molecule has 0 amide bonds. The topological polar surface area (TPSA) is 37.7 Å². The second-order valence-corrected chi connectivity index (χ2v) is 17.9. The summed E-state index contributed by atoms with van der Waals surface area (Å²) in [5, 5.41) is 14.0. The minimum Gasteiger partial charge on any atom is -0.340 e. The molecule has 6 nitrogen and oxygen atoms in total. The molecule has 0 unspecified atom stereocenters. The van der Waals surface area contributed by atoms with Gasteiger partial charge >= 0.3 is 0 Å². The number of benzene rings is 8. The van der Waals surface area contributed by atoms with Gasteiger partial charge in [-0.3, -0.25) is 0 Å². The van der Waals surface area contributed by atoms with Crippen molar-refractivity contribution >= 4 is 81.5 Å². The molecule has 0 aliphatic carbocycles. The molecule has 0 atom stereocenters. The molecule has 64 heavy (non-hydrogen) atoms. The molecule has 10 rings (SSSR count). The summed E-state index contributed by atoms with van der Waals surface area (Å²) in [7, 11) is 0. The number of fused-ring (bicyclic) bond motifs is 4. The highest BCUT2D eigenvalue weighted by Gasteiger charge is 2.25. The zero-order valence-corrected chi connectivity index (χ0v) is 37.2. The Morgan fingerprint density at radius 1 is 0.344 bits per heavy atom. The van der Waals surface area contributed by atoms with Gasteiger partial charge in [-0.05, 0) is 121 Å². The van der Waals surface area contributed by atoms with Crippen LogP contribution in [0.15, 0.2) is 236 Å². The van der Waals surface area contributed by atoms with Crippen molar-refractivity contribution in [2.24, 2.45) is 10.2 Å². The number of rotatable bonds is 15. The molecule has 8 aromatic carbocycles. The van der Waals surface area contributed by atoms with E-state index in [0.717, 1.165) is 72.6 Å². The van der Waals surface area contributed by atoms with Crippen molar-refractivity contribution in [1.29, 1.82) is 0 Å². The van der Waals surface area contributed by atoms with E-state index in [1.807, 2.05) is 70.2 Å². The Hall–Kier alpha value is -7.00. The average molecular weight is 869 g/mol. The van der Waals surface area contributed by atoms with E-state index < -0.39 is 0 Å². The third kappa shape index (κ3) is 9.20. The fourth-order valence-electron chi connectivity index (χ4n) is 8.33. The molecule has 0 radical (unpaired) electrons. The molecule has 2 aliphatic rings. The lowest BCUT2D eigenvalue weighted by molar-refractivity contribution is 0.640. The van der Waals surface area contributed by atoms with E-state index in [9.17, 15) is 0 Å². The van der Waals surface area contributed by atoms with Crippen LogP contribution in [0, 0.1) is 0 Å². The Balaban J connectivity index is 0.803. The molecule has 0 saturated heterocycles. The number of hydrogen-bond acceptors (Lipinski definition) is 8. The molecule has 2 heterocycles. The summed E-state index contributed by atoms with van der Waals surface area (Å²) < 4.78 is 0. The van der Waals surface area contributed by atoms with Crippen LogP contribution in [0.1, 0.15) is 36.8 Å². The van der Waals surface area contributed by atoms with E-state index in [4.69, 9.17) is 10.2 Å². The standard InChI is InChI=1S/C56H48N6S2/c1(19-37-59-49-29-15-17-31-53(49)63-55-39-43(33-35-51(55)59)41-57-61(45-21-7-3-8-22-45)46-23-9-4-10-24-46)2-20-38-60-50-30-16-18-32-54(50)64-56-40-44(34-36-52(56)60)42-58-62(47-25-11-5-12-26-47)48-27-13-6-14-28-48/h3-18,21-36,39-42H,1-2,19-20,37-38H2/b57-41+,58-42+. The summed E-state index contributed by atoms with van der Waals surface area (Å²) in [6.07, 6.45) is 8.49. The van der Waals surface area contributed by atoms with Gasteiger partial charge in [0.05, 0.1) is 57.9 Å². The summed E-state index contributed by atoms with van der Waals surface area (Å²) in [4.78, 5) is 10.1. The number of nitrogens with zero attached hydrogens (tertiary/aromatic N) is 6. The van der Waals surface area contributed by atoms with E-state index in [1.54, 1.807) is 0 Å². The zero-order chi connectivity index (χ0) is 42.9. The van der Waals surface area contributed by atoms with Crippen LogP contribution >= 0.6 is 23.5 Å². The van der Waals surface area contributed by atoms with Crippen LogP contribution < -0.4 is 19.8 Å². The monoisotopic (exact) mass is 868 g/mol. The maximum absolute atomic E-state index is 4.99. The van der Waals surface area contributed by atoms with Gasteiger partial charge in [0.15, 0.2) is 0 Å². The van der Waals surface area contributed by atoms with Crippen LogP contribution in [0.25, 0.3) is 0 Å². The number of para-hydroxylation sites is 6. The van der Waals surface area contributed by atoms with Gasteiger partial charge in [-0.15, -0.1) is 0 Å². The Bertz CT molecular complexity index is 2600. The van der Waals surface area contributed by atoms with E-state index in [-0.39, 0.29) is 0 Å². The van der Waals surface area contributed by atoms with Gasteiger partial charge in [0, 0.05) is 32.7 Å². The third-order valence-electron chi connectivity index (χ3n) is 11.5. The van der Waals surface area contributed by atoms with Gasteiger partial charge in [-0.1, -0.05) is 146 Å². The van der Waals surface area contributed by atoms with E-state index in [2.05, 4.69) is 192 Å². The van der Waals surface area contributed by atoms with Crippen molar-refractivity contribution in [3.05, 3.63) is 217 Å². The molecule has 0 saturated carbocycles. The first-order chi connectivity index (χ1) is 31.7. The smallest absolute Gasteiger partial charge is 0.0652 e. The van der Waals surface area contributed by atoms with Crippen LogP contribution in [-0.2, 0) is 0 Å². The first kappa shape index (κ1) is 41.0. The molecule has 0 N–H and O–H groups in total. The van der Waals surface area contributed by atoms with E-state index in [1.165, 1.54) is 42.3 Å². The minimum atomic E-state index is 0.968. The summed E-state index contributed by atoms with van der Waals surface area (Å²) in [5.41, 5.74) is 11.3. The number of anilines is 8. The van der Waals surface area contributed by atoms with Gasteiger partial charge in [0.1, 0.15) is 0 Å². The van der Waals surface area contributed by atoms with E-state index in [0.29, 0.717) is 0 Å². The third-order valence-corrected chi connectivity index (χ3v) is 13.7. The van der Waals surface area contributed by atoms with Crippen LogP contribution in [0.3, 0.4) is 0 Å². The summed E-state index contributed by atoms with van der Waals surface area (Å²) in [6, 6.07) is 72.4. The predicted octanol–water partition coefficient (Wildman–Crippen LogP) is 15.5. The molecule has 8 heteroatoms. The molecule has 0 spiro atoms. The van der Waals surface area contributed by atoms with Crippen molar-refractivity contribution in [3.63, 3.8) is 0 Å². The highest BCUT2D eigenvalue weighted by Crippen LogP contribution is 2.50. The predicted molar refractivity (Wildman–Crippen MR) is 272 cm³/mol. The molecule has 2 aliphatic heterocycles. The lowest BCUT2D eigenvalue weighted by Crippen LogP contribution is -2.23. The SMILES string of the molecule is C(=N\N(c1ccccc1)c1ccccc1)/c1ccc2c(c1)Sc1ccccc1N2CCCCCCN1c2ccccc2Sc2cc(/C=N/N(c3ccccc3)c3ccccc3)ccc21. The quantitative estimate of drug-likeness (QED) is 0.0580. The normalized spacial score (nSPS) is 12.8. The zero-order valence-electron chi connectivity index (χ0n) is 35.5. The van der Waals surface area contributed by atoms with Crippen LogP contribution in [0.2, 0.25) is 0 Å². The fraction of sp³-hybridized carbons (Fsp3) is 0.107. The highest BCUT2D eigenvalue weighted by atomic mass is 32.2. The maximum atomic E-state index is 4.99. The molecular weight excluding hydrogens is 821 g/mol. The Morgan fingerprint density at radius 3 is 1.05 bits per heavy atom. The van der Waals surface area contributed by atoms with Gasteiger partial charge in [0.2, 0.25) is 0 Å². The Kier molecular flexibility index (Phi) is 12.6. The second-order valence-electron chi connectivity index (χ2n) is 15.8. The number of unbranched alkanes of at least 4 members (excludes halogenated alkanes) is 3. The van der Waals surface area contributed by atoms with Crippen molar-refractivity contribution in [2.45, 2.75) is 45.3 Å². The van der Waals surface area contributed by atoms with Crippen LogP contribution in [0.5, 0.6) is 0 Å². The van der Waals surface area contributed by atoms with Gasteiger partial charge < -0.3 is 9.80 Å². The first-order valence-electron chi connectivity index (χ1n) is 22.0. The van der Waals surface area contributed by atoms with Crippen LogP contribution in [0.4, 0.5) is 45.5 Å². The maximum Gasteiger partial charge on any atom is 0.0652 e. The summed E-state index contributed by atoms with van der Waals surface area (Å²) in [5.74, 6) is 0. The molecule has 0 aromatic heterocycles. The fourth-order valence-corrected chi connectivity index (χ4v) is 10.6. The van der Waals surface area contributed by atoms with Crippen LogP contribution in [-0.4, -0.2) is 25.5 Å². The molecule has 0 fully saturated rings. The number of hydrogen-bond donors (Lipinski definition) is 0. The van der Waals surface area contributed by atoms with Gasteiger partial charge in [-0.2, -0.15) is 10.2 Å². The minimum absolute atomic E-state index is 0.968. The summed E-state index contributed by atoms with van der Waals surface area (Å²) in [6.45, 7) is 1.94. The first-order valence-corrected chi connectivity index (χ1v) is 23.6. The second kappa shape index (κ2) is 19.6. The Labute approximate surface area is 385 Å². The lowest BCUT2D eigenvalue weighted by atomic mass is 10.1. The van der Waals surface area contributed by atoms with Crippen molar-refractivity contribution in [3.8, 4) is 0 Å². The Morgan fingerprint density at radius 2 is 0.672 bits per heavy atom. The summed E-state index contributed by atoms with van der Waals surface area (Å²) >= 11 is 3.70. The van der Waals surface area contributed by atoms with Crippen molar-refractivity contribution in [1.82, 2.24) is 0 Å². The average Bonchev–Trinajstić information content (AvgIpc) is 3.35.